The first-order chi connectivity index (χ1) is 7.63. The molecule has 2 nitrogen and oxygen atoms in total. The number of hydrogen-bond acceptors (Lipinski definition) is 2. The monoisotopic (exact) mass is 220 g/mol. The minimum absolute atomic E-state index is 0.219. The zero-order valence-electron chi connectivity index (χ0n) is 10.3. The van der Waals surface area contributed by atoms with E-state index in [0.29, 0.717) is 18.1 Å². The molecule has 16 heavy (non-hydrogen) atoms. The lowest BCUT2D eigenvalue weighted by Crippen LogP contribution is -2.12. The molecule has 1 unspecified atom stereocenters. The Morgan fingerprint density at radius 1 is 1.31 bits per heavy atom. The van der Waals surface area contributed by atoms with Crippen molar-refractivity contribution in [1.82, 2.24) is 0 Å². The van der Waals surface area contributed by atoms with Crippen molar-refractivity contribution in [3.8, 4) is 0 Å². The van der Waals surface area contributed by atoms with Crippen molar-refractivity contribution in [2.75, 3.05) is 6.61 Å². The Balaban J connectivity index is 2.43. The Hall–Kier alpha value is -1.31. The molecule has 0 N–H and O–H groups in total. The molecule has 0 spiro atoms. The fraction of sp³-hybridized carbons (Fsp3) is 0.500. The van der Waals surface area contributed by atoms with E-state index >= 15 is 0 Å². The maximum atomic E-state index is 11.6. The van der Waals surface area contributed by atoms with Gasteiger partial charge in [-0.15, -0.1) is 0 Å². The molecule has 0 aliphatic rings. The van der Waals surface area contributed by atoms with Gasteiger partial charge in [0.25, 0.3) is 0 Å². The van der Waals surface area contributed by atoms with Gasteiger partial charge in [-0.25, -0.2) is 4.79 Å². The van der Waals surface area contributed by atoms with Crippen LogP contribution in [-0.4, -0.2) is 12.6 Å². The van der Waals surface area contributed by atoms with Crippen LogP contribution in [0.25, 0.3) is 0 Å². The molecule has 0 fully saturated rings. The molecule has 0 saturated heterocycles. The van der Waals surface area contributed by atoms with Crippen molar-refractivity contribution in [3.63, 3.8) is 0 Å². The van der Waals surface area contributed by atoms with Crippen LogP contribution in [0, 0.1) is 12.8 Å². The van der Waals surface area contributed by atoms with E-state index in [0.717, 1.165) is 18.4 Å². The van der Waals surface area contributed by atoms with Crippen LogP contribution in [0.1, 0.15) is 42.6 Å². The molecule has 0 bridgehead atoms. The second-order valence-electron chi connectivity index (χ2n) is 4.36. The van der Waals surface area contributed by atoms with E-state index in [2.05, 4.69) is 13.8 Å². The number of rotatable bonds is 5. The number of ether oxygens (including phenoxy) is 1. The van der Waals surface area contributed by atoms with Crippen molar-refractivity contribution in [3.05, 3.63) is 35.4 Å². The summed E-state index contributed by atoms with van der Waals surface area (Å²) < 4.78 is 5.24. The van der Waals surface area contributed by atoms with Crippen molar-refractivity contribution in [2.45, 2.75) is 33.6 Å². The average Bonchev–Trinajstić information content (AvgIpc) is 2.27. The lowest BCUT2D eigenvalue weighted by atomic mass is 10.1. The third-order valence-electron chi connectivity index (χ3n) is 2.57. The average molecular weight is 220 g/mol. The minimum Gasteiger partial charge on any atom is -0.462 e. The summed E-state index contributed by atoms with van der Waals surface area (Å²) in [6, 6.07) is 7.46. The van der Waals surface area contributed by atoms with Gasteiger partial charge in [-0.1, -0.05) is 38.0 Å². The van der Waals surface area contributed by atoms with Gasteiger partial charge in [-0.2, -0.15) is 0 Å². The first-order valence-electron chi connectivity index (χ1n) is 5.87. The lowest BCUT2D eigenvalue weighted by Gasteiger charge is -2.10. The summed E-state index contributed by atoms with van der Waals surface area (Å²) in [5.74, 6) is 0.224. The zero-order valence-corrected chi connectivity index (χ0v) is 10.3. The van der Waals surface area contributed by atoms with E-state index in [-0.39, 0.29) is 5.97 Å². The molecule has 0 heterocycles. The molecular weight excluding hydrogens is 200 g/mol. The highest BCUT2D eigenvalue weighted by Gasteiger charge is 2.08. The molecule has 2 heteroatoms. The van der Waals surface area contributed by atoms with E-state index in [4.69, 9.17) is 4.74 Å². The third kappa shape index (κ3) is 4.05. The molecule has 0 aliphatic carbocycles. The fourth-order valence-electron chi connectivity index (χ4n) is 1.57. The second kappa shape index (κ2) is 6.31. The predicted octanol–water partition coefficient (Wildman–Crippen LogP) is 3.59. The van der Waals surface area contributed by atoms with E-state index in [1.165, 1.54) is 0 Å². The lowest BCUT2D eigenvalue weighted by molar-refractivity contribution is 0.0443. The van der Waals surface area contributed by atoms with Crippen LogP contribution in [0.4, 0.5) is 0 Å². The Morgan fingerprint density at radius 2 is 1.94 bits per heavy atom. The van der Waals surface area contributed by atoms with Gasteiger partial charge in [0.2, 0.25) is 0 Å². The largest absolute Gasteiger partial charge is 0.462 e. The van der Waals surface area contributed by atoms with Crippen LogP contribution in [0.5, 0.6) is 0 Å². The number of hydrogen-bond donors (Lipinski definition) is 0. The van der Waals surface area contributed by atoms with Crippen molar-refractivity contribution in [2.24, 2.45) is 5.92 Å². The zero-order chi connectivity index (χ0) is 12.0. The van der Waals surface area contributed by atoms with Gasteiger partial charge in [-0.3, -0.25) is 0 Å². The molecule has 0 aromatic heterocycles. The van der Waals surface area contributed by atoms with Gasteiger partial charge in [0, 0.05) is 0 Å². The molecule has 1 rings (SSSR count). The Labute approximate surface area is 97.6 Å². The molecule has 0 radical (unpaired) electrons. The molecule has 0 amide bonds. The van der Waals surface area contributed by atoms with Crippen LogP contribution in [0.2, 0.25) is 0 Å². The van der Waals surface area contributed by atoms with Crippen molar-refractivity contribution < 1.29 is 9.53 Å². The van der Waals surface area contributed by atoms with Gasteiger partial charge >= 0.3 is 5.97 Å². The normalized spacial score (nSPS) is 12.2. The van der Waals surface area contributed by atoms with Crippen LogP contribution in [-0.2, 0) is 4.74 Å². The van der Waals surface area contributed by atoms with Crippen LogP contribution >= 0.6 is 0 Å². The van der Waals surface area contributed by atoms with E-state index in [9.17, 15) is 4.79 Å². The highest BCUT2D eigenvalue weighted by Crippen LogP contribution is 2.09. The molecule has 0 aliphatic heterocycles. The summed E-state index contributed by atoms with van der Waals surface area (Å²) in [4.78, 5) is 11.6. The van der Waals surface area contributed by atoms with Crippen LogP contribution in [0.15, 0.2) is 24.3 Å². The molecule has 0 saturated carbocycles. The number of benzene rings is 1. The number of aryl methyl sites for hydroxylation is 1. The summed E-state index contributed by atoms with van der Waals surface area (Å²) in [6.07, 6.45) is 2.23. The molecule has 1 aromatic carbocycles. The van der Waals surface area contributed by atoms with E-state index < -0.39 is 0 Å². The minimum atomic E-state index is -0.219. The first-order valence-corrected chi connectivity index (χ1v) is 5.87. The Kier molecular flexibility index (Phi) is 5.03. The van der Waals surface area contributed by atoms with E-state index in [1.54, 1.807) is 0 Å². The fourth-order valence-corrected chi connectivity index (χ4v) is 1.57. The van der Waals surface area contributed by atoms with Crippen molar-refractivity contribution >= 4 is 5.97 Å². The molecular formula is C14H20O2. The van der Waals surface area contributed by atoms with Gasteiger partial charge < -0.3 is 4.74 Å². The smallest absolute Gasteiger partial charge is 0.338 e. The number of carbonyl (C=O) groups excluding carboxylic acids is 1. The van der Waals surface area contributed by atoms with E-state index in [1.807, 2.05) is 31.2 Å². The summed E-state index contributed by atoms with van der Waals surface area (Å²) >= 11 is 0. The van der Waals surface area contributed by atoms with Gasteiger partial charge in [0.15, 0.2) is 0 Å². The third-order valence-corrected chi connectivity index (χ3v) is 2.57. The topological polar surface area (TPSA) is 26.3 Å². The molecule has 1 atom stereocenters. The second-order valence-corrected chi connectivity index (χ2v) is 4.36. The molecule has 88 valence electrons. The number of carbonyl (C=O) groups is 1. The number of esters is 1. The highest BCUT2D eigenvalue weighted by molar-refractivity contribution is 5.89. The SMILES string of the molecule is CCCC(C)COC(=O)c1ccc(C)cc1. The maximum Gasteiger partial charge on any atom is 0.338 e. The predicted molar refractivity (Wildman–Crippen MR) is 65.5 cm³/mol. The standard InChI is InChI=1S/C14H20O2/c1-4-5-12(3)10-16-14(15)13-8-6-11(2)7-9-13/h6-9,12H,4-5,10H2,1-3H3. The van der Waals surface area contributed by atoms with Gasteiger partial charge in [0.1, 0.15) is 0 Å². The Bertz CT molecular complexity index is 327. The van der Waals surface area contributed by atoms with Crippen LogP contribution in [0.3, 0.4) is 0 Å². The maximum absolute atomic E-state index is 11.6. The highest BCUT2D eigenvalue weighted by atomic mass is 16.5. The van der Waals surface area contributed by atoms with Crippen molar-refractivity contribution in [1.29, 1.82) is 0 Å². The summed E-state index contributed by atoms with van der Waals surface area (Å²) in [5.41, 5.74) is 1.78. The molecule has 1 aromatic rings. The first kappa shape index (κ1) is 12.8. The Morgan fingerprint density at radius 3 is 2.50 bits per heavy atom. The van der Waals surface area contributed by atoms with Crippen LogP contribution < -0.4 is 0 Å². The summed E-state index contributed by atoms with van der Waals surface area (Å²) in [6.45, 7) is 6.75. The summed E-state index contributed by atoms with van der Waals surface area (Å²) in [7, 11) is 0. The van der Waals surface area contributed by atoms with Gasteiger partial charge in [0.05, 0.1) is 12.2 Å². The van der Waals surface area contributed by atoms with Gasteiger partial charge in [-0.05, 0) is 31.4 Å². The summed E-state index contributed by atoms with van der Waals surface area (Å²) in [5, 5.41) is 0. The quantitative estimate of drug-likeness (QED) is 0.709.